The lowest BCUT2D eigenvalue weighted by Crippen LogP contribution is -2.30. The standard InChI is InChI=1S/C16H21NO/c1-13(15-10-4-3-5-11-15)17(2)16(18)12-14-8-6-7-9-14/h3-6,8,10-11,13-14H,7,9,12H2,1-2H3. The summed E-state index contributed by atoms with van der Waals surface area (Å²) >= 11 is 0. The van der Waals surface area contributed by atoms with E-state index >= 15 is 0 Å². The van der Waals surface area contributed by atoms with E-state index in [1.807, 2.05) is 30.1 Å². The van der Waals surface area contributed by atoms with Gasteiger partial charge in [0, 0.05) is 13.5 Å². The lowest BCUT2D eigenvalue weighted by atomic mass is 10.0. The fourth-order valence-corrected chi connectivity index (χ4v) is 2.40. The van der Waals surface area contributed by atoms with Gasteiger partial charge in [-0.2, -0.15) is 0 Å². The Morgan fingerprint density at radius 1 is 1.39 bits per heavy atom. The van der Waals surface area contributed by atoms with Crippen LogP contribution in [-0.2, 0) is 4.79 Å². The smallest absolute Gasteiger partial charge is 0.223 e. The molecule has 0 N–H and O–H groups in total. The molecule has 1 aromatic rings. The van der Waals surface area contributed by atoms with Crippen LogP contribution in [0.5, 0.6) is 0 Å². The van der Waals surface area contributed by atoms with Gasteiger partial charge in [-0.1, -0.05) is 42.5 Å². The quantitative estimate of drug-likeness (QED) is 0.740. The number of amides is 1. The third-order valence-electron chi connectivity index (χ3n) is 3.81. The van der Waals surface area contributed by atoms with Crippen LogP contribution in [0.4, 0.5) is 0 Å². The molecule has 1 aliphatic rings. The summed E-state index contributed by atoms with van der Waals surface area (Å²) in [5, 5.41) is 0. The van der Waals surface area contributed by atoms with Crippen LogP contribution in [0.1, 0.15) is 37.8 Å². The summed E-state index contributed by atoms with van der Waals surface area (Å²) in [5.74, 6) is 0.686. The molecule has 96 valence electrons. The highest BCUT2D eigenvalue weighted by molar-refractivity contribution is 5.77. The SMILES string of the molecule is CC(c1ccccc1)N(C)C(=O)CC1C=CCC1. The van der Waals surface area contributed by atoms with Crippen molar-refractivity contribution >= 4 is 5.91 Å². The minimum absolute atomic E-state index is 0.143. The first-order chi connectivity index (χ1) is 8.68. The van der Waals surface area contributed by atoms with Crippen molar-refractivity contribution in [2.75, 3.05) is 7.05 Å². The second kappa shape index (κ2) is 5.85. The molecule has 0 saturated carbocycles. The summed E-state index contributed by atoms with van der Waals surface area (Å²) in [4.78, 5) is 14.1. The summed E-state index contributed by atoms with van der Waals surface area (Å²) in [7, 11) is 1.90. The Morgan fingerprint density at radius 2 is 2.11 bits per heavy atom. The normalized spacial score (nSPS) is 19.8. The second-order valence-electron chi connectivity index (χ2n) is 5.06. The van der Waals surface area contributed by atoms with E-state index in [1.165, 1.54) is 5.56 Å². The van der Waals surface area contributed by atoms with Crippen molar-refractivity contribution < 1.29 is 4.79 Å². The number of hydrogen-bond acceptors (Lipinski definition) is 1. The molecule has 0 aromatic heterocycles. The van der Waals surface area contributed by atoms with Crippen LogP contribution in [0, 0.1) is 5.92 Å². The van der Waals surface area contributed by atoms with Crippen molar-refractivity contribution in [1.29, 1.82) is 0 Å². The lowest BCUT2D eigenvalue weighted by Gasteiger charge is -2.26. The van der Waals surface area contributed by atoms with E-state index in [4.69, 9.17) is 0 Å². The number of allylic oxidation sites excluding steroid dienone is 2. The Bertz CT molecular complexity index is 424. The molecule has 18 heavy (non-hydrogen) atoms. The molecule has 0 fully saturated rings. The van der Waals surface area contributed by atoms with Crippen LogP contribution in [0.3, 0.4) is 0 Å². The van der Waals surface area contributed by atoms with Crippen molar-refractivity contribution in [2.24, 2.45) is 5.92 Å². The highest BCUT2D eigenvalue weighted by Gasteiger charge is 2.20. The molecule has 0 saturated heterocycles. The molecule has 0 radical (unpaired) electrons. The van der Waals surface area contributed by atoms with Crippen molar-refractivity contribution in [3.63, 3.8) is 0 Å². The third kappa shape index (κ3) is 3.00. The number of hydrogen-bond donors (Lipinski definition) is 0. The van der Waals surface area contributed by atoms with E-state index in [-0.39, 0.29) is 11.9 Å². The molecule has 2 atom stereocenters. The summed E-state index contributed by atoms with van der Waals surface area (Å²) < 4.78 is 0. The van der Waals surface area contributed by atoms with Gasteiger partial charge in [-0.25, -0.2) is 0 Å². The maximum atomic E-state index is 12.2. The van der Waals surface area contributed by atoms with Gasteiger partial charge in [0.15, 0.2) is 0 Å². The predicted octanol–water partition coefficient (Wildman–Crippen LogP) is 3.56. The van der Waals surface area contributed by atoms with Gasteiger partial charge >= 0.3 is 0 Å². The molecule has 0 bridgehead atoms. The van der Waals surface area contributed by atoms with Crippen LogP contribution in [0.2, 0.25) is 0 Å². The van der Waals surface area contributed by atoms with Gasteiger partial charge in [-0.15, -0.1) is 0 Å². The Hall–Kier alpha value is -1.57. The van der Waals surface area contributed by atoms with Crippen LogP contribution < -0.4 is 0 Å². The molecule has 0 aliphatic heterocycles. The highest BCUT2D eigenvalue weighted by Crippen LogP contribution is 2.24. The Labute approximate surface area is 109 Å². The molecule has 0 heterocycles. The number of rotatable bonds is 4. The van der Waals surface area contributed by atoms with Crippen molar-refractivity contribution in [3.8, 4) is 0 Å². The summed E-state index contributed by atoms with van der Waals surface area (Å²) in [6.07, 6.45) is 7.25. The average molecular weight is 243 g/mol. The van der Waals surface area contributed by atoms with Gasteiger partial charge in [0.2, 0.25) is 5.91 Å². The molecular formula is C16H21NO. The zero-order valence-electron chi connectivity index (χ0n) is 11.2. The highest BCUT2D eigenvalue weighted by atomic mass is 16.2. The maximum Gasteiger partial charge on any atom is 0.223 e. The molecule has 2 nitrogen and oxygen atoms in total. The largest absolute Gasteiger partial charge is 0.339 e. The van der Waals surface area contributed by atoms with E-state index in [1.54, 1.807) is 0 Å². The molecular weight excluding hydrogens is 222 g/mol. The van der Waals surface area contributed by atoms with E-state index in [9.17, 15) is 4.79 Å². The molecule has 0 spiro atoms. The Kier molecular flexibility index (Phi) is 4.19. The molecule has 1 aromatic carbocycles. The van der Waals surface area contributed by atoms with Gasteiger partial charge in [-0.3, -0.25) is 4.79 Å². The molecule has 2 rings (SSSR count). The Morgan fingerprint density at radius 3 is 2.72 bits per heavy atom. The first kappa shape index (κ1) is 12.9. The minimum Gasteiger partial charge on any atom is -0.339 e. The molecule has 1 aliphatic carbocycles. The minimum atomic E-state index is 0.143. The zero-order chi connectivity index (χ0) is 13.0. The van der Waals surface area contributed by atoms with Gasteiger partial charge in [0.1, 0.15) is 0 Å². The van der Waals surface area contributed by atoms with Gasteiger partial charge in [-0.05, 0) is 31.2 Å². The topological polar surface area (TPSA) is 20.3 Å². The van der Waals surface area contributed by atoms with Crippen molar-refractivity contribution in [1.82, 2.24) is 4.90 Å². The fourth-order valence-electron chi connectivity index (χ4n) is 2.40. The van der Waals surface area contributed by atoms with Crippen LogP contribution in [0.25, 0.3) is 0 Å². The average Bonchev–Trinajstić information content (AvgIpc) is 2.91. The van der Waals surface area contributed by atoms with E-state index in [0.717, 1.165) is 12.8 Å². The van der Waals surface area contributed by atoms with Crippen LogP contribution in [-0.4, -0.2) is 17.9 Å². The lowest BCUT2D eigenvalue weighted by molar-refractivity contribution is -0.132. The van der Waals surface area contributed by atoms with Gasteiger partial charge in [0.05, 0.1) is 6.04 Å². The van der Waals surface area contributed by atoms with E-state index in [0.29, 0.717) is 12.3 Å². The third-order valence-corrected chi connectivity index (χ3v) is 3.81. The van der Waals surface area contributed by atoms with Gasteiger partial charge in [0.25, 0.3) is 0 Å². The second-order valence-corrected chi connectivity index (χ2v) is 5.06. The van der Waals surface area contributed by atoms with Crippen LogP contribution >= 0.6 is 0 Å². The fraction of sp³-hybridized carbons (Fsp3) is 0.438. The number of benzene rings is 1. The first-order valence-corrected chi connectivity index (χ1v) is 6.65. The molecule has 1 amide bonds. The molecule has 2 heteroatoms. The summed E-state index contributed by atoms with van der Waals surface area (Å²) in [5.41, 5.74) is 1.19. The van der Waals surface area contributed by atoms with E-state index < -0.39 is 0 Å². The monoisotopic (exact) mass is 243 g/mol. The Balaban J connectivity index is 1.95. The maximum absolute atomic E-state index is 12.2. The summed E-state index contributed by atoms with van der Waals surface area (Å²) in [6, 6.07) is 10.3. The number of carbonyl (C=O) groups is 1. The molecule has 2 unspecified atom stereocenters. The zero-order valence-corrected chi connectivity index (χ0v) is 11.2. The van der Waals surface area contributed by atoms with Crippen molar-refractivity contribution in [2.45, 2.75) is 32.2 Å². The first-order valence-electron chi connectivity index (χ1n) is 6.65. The predicted molar refractivity (Wildman–Crippen MR) is 74.1 cm³/mol. The summed E-state index contributed by atoms with van der Waals surface area (Å²) in [6.45, 7) is 2.08. The van der Waals surface area contributed by atoms with E-state index in [2.05, 4.69) is 31.2 Å². The van der Waals surface area contributed by atoms with Gasteiger partial charge < -0.3 is 4.90 Å². The number of carbonyl (C=O) groups excluding carboxylic acids is 1. The van der Waals surface area contributed by atoms with Crippen molar-refractivity contribution in [3.05, 3.63) is 48.0 Å². The van der Waals surface area contributed by atoms with Crippen LogP contribution in [0.15, 0.2) is 42.5 Å². The number of nitrogens with zero attached hydrogens (tertiary/aromatic N) is 1.